The average molecular weight is 756 g/mol. The van der Waals surface area contributed by atoms with Gasteiger partial charge in [-0.3, -0.25) is 33.8 Å². The number of carbonyl (C=O) groups excluding carboxylic acids is 2. The third-order valence-electron chi connectivity index (χ3n) is 11.0. The van der Waals surface area contributed by atoms with Gasteiger partial charge < -0.3 is 19.7 Å². The molecule has 17 heteroatoms. The summed E-state index contributed by atoms with van der Waals surface area (Å²) in [5, 5.41) is 16.0. The van der Waals surface area contributed by atoms with E-state index in [0.717, 1.165) is 67.6 Å². The maximum absolute atomic E-state index is 13.1. The summed E-state index contributed by atoms with van der Waals surface area (Å²) in [5.41, 5.74) is 3.92. The zero-order valence-electron chi connectivity index (χ0n) is 30.5. The van der Waals surface area contributed by atoms with E-state index in [2.05, 4.69) is 41.2 Å². The molecular formula is C37H48F3N9O5. The van der Waals surface area contributed by atoms with E-state index >= 15 is 0 Å². The standard InChI is InChI=1S/C37H48F3N9O5/c1-45-31-20-24(2-7-29(31)49(36(45)53)30-8-9-32(51)43-34(30)52)10-18-54-19-17-46-13-15-47(16-14-46)22-25-23-48(26-3-5-27(50)6-4-26)33-28(25)21-42-35(44-33)41-12-11-37(38,39)40/h2,7,20-21,23,26-27,30,50H,3-6,8-19,22H2,1H3,(H,41,42,44)(H,43,51,52)/t26?,27?,30-/m0/s1. The van der Waals surface area contributed by atoms with Crippen LogP contribution in [0.15, 0.2) is 35.4 Å². The highest BCUT2D eigenvalue weighted by molar-refractivity contribution is 6.00. The number of aliphatic hydroxyl groups is 1. The number of imide groups is 1. The number of nitrogens with one attached hydrogen (secondary N) is 2. The number of alkyl halides is 3. The first-order chi connectivity index (χ1) is 25.9. The molecule has 54 heavy (non-hydrogen) atoms. The number of nitrogens with zero attached hydrogens (tertiary/aromatic N) is 7. The lowest BCUT2D eigenvalue weighted by atomic mass is 9.93. The quantitative estimate of drug-likeness (QED) is 0.137. The number of anilines is 1. The zero-order valence-corrected chi connectivity index (χ0v) is 30.5. The topological polar surface area (TPSA) is 152 Å². The largest absolute Gasteiger partial charge is 0.393 e. The van der Waals surface area contributed by atoms with Crippen molar-refractivity contribution in [2.24, 2.45) is 7.05 Å². The molecule has 0 radical (unpaired) electrons. The monoisotopic (exact) mass is 755 g/mol. The molecule has 0 spiro atoms. The predicted octanol–water partition coefficient (Wildman–Crippen LogP) is 3.28. The Morgan fingerprint density at radius 3 is 2.50 bits per heavy atom. The fourth-order valence-electron chi connectivity index (χ4n) is 7.93. The van der Waals surface area contributed by atoms with Crippen LogP contribution in [0.3, 0.4) is 0 Å². The van der Waals surface area contributed by atoms with Gasteiger partial charge in [-0.25, -0.2) is 9.78 Å². The Labute approximate surface area is 310 Å². The Kier molecular flexibility index (Phi) is 11.4. The number of hydrogen-bond donors (Lipinski definition) is 3. The molecule has 1 atom stereocenters. The summed E-state index contributed by atoms with van der Waals surface area (Å²) in [6, 6.07) is 5.21. The number of aromatic nitrogens is 5. The smallest absolute Gasteiger partial charge is 0.390 e. The molecule has 4 aromatic rings. The van der Waals surface area contributed by atoms with E-state index in [1.54, 1.807) is 13.2 Å². The summed E-state index contributed by atoms with van der Waals surface area (Å²) >= 11 is 0. The zero-order chi connectivity index (χ0) is 38.0. The third-order valence-corrected chi connectivity index (χ3v) is 11.0. The number of piperidine rings is 1. The number of aryl methyl sites for hydroxylation is 1. The Hall–Kier alpha value is -4.32. The van der Waals surface area contributed by atoms with Crippen molar-refractivity contribution in [3.05, 3.63) is 52.2 Å². The molecular weight excluding hydrogens is 707 g/mol. The summed E-state index contributed by atoms with van der Waals surface area (Å²) < 4.78 is 49.4. The SMILES string of the molecule is Cn1c(=O)n([C@H]2CCC(=O)NC2=O)c2ccc(CCOCCN3CCN(Cc4cn(C5CCC(O)CC5)c5nc(NCCC(F)(F)F)ncc45)CC3)cc21. The summed E-state index contributed by atoms with van der Waals surface area (Å²) in [6.45, 7) is 5.86. The molecule has 3 fully saturated rings. The molecule has 0 unspecified atom stereocenters. The van der Waals surface area contributed by atoms with E-state index in [-0.39, 0.29) is 42.7 Å². The van der Waals surface area contributed by atoms with Crippen LogP contribution in [0.4, 0.5) is 19.1 Å². The number of hydrogen-bond acceptors (Lipinski definition) is 10. The molecule has 2 aliphatic heterocycles. The second-order valence-electron chi connectivity index (χ2n) is 14.7. The van der Waals surface area contributed by atoms with Gasteiger partial charge in [0.15, 0.2) is 0 Å². The molecule has 1 aromatic carbocycles. The first-order valence-electron chi connectivity index (χ1n) is 18.8. The number of fused-ring (bicyclic) bond motifs is 2. The second kappa shape index (κ2) is 16.2. The van der Waals surface area contributed by atoms with E-state index < -0.39 is 24.5 Å². The molecule has 3 aromatic heterocycles. The lowest BCUT2D eigenvalue weighted by Gasteiger charge is -2.34. The van der Waals surface area contributed by atoms with E-state index in [1.807, 2.05) is 18.2 Å². The van der Waals surface area contributed by atoms with Gasteiger partial charge in [0.2, 0.25) is 17.8 Å². The molecule has 5 heterocycles. The van der Waals surface area contributed by atoms with Crippen molar-refractivity contribution in [1.29, 1.82) is 0 Å². The summed E-state index contributed by atoms with van der Waals surface area (Å²) in [6.07, 6.45) is 2.49. The molecule has 0 bridgehead atoms. The van der Waals surface area contributed by atoms with E-state index in [0.29, 0.717) is 56.6 Å². The molecule has 2 saturated heterocycles. The van der Waals surface area contributed by atoms with E-state index in [9.17, 15) is 32.7 Å². The van der Waals surface area contributed by atoms with Crippen LogP contribution in [0.2, 0.25) is 0 Å². The molecule has 2 amide bonds. The van der Waals surface area contributed by atoms with Crippen LogP contribution in [0.5, 0.6) is 0 Å². The first-order valence-corrected chi connectivity index (χ1v) is 18.8. The lowest BCUT2D eigenvalue weighted by Crippen LogP contribution is -2.46. The Bertz CT molecular complexity index is 2030. The molecule has 3 N–H and O–H groups in total. The highest BCUT2D eigenvalue weighted by Crippen LogP contribution is 2.34. The van der Waals surface area contributed by atoms with Crippen LogP contribution in [-0.4, -0.2) is 115 Å². The summed E-state index contributed by atoms with van der Waals surface area (Å²) in [5.74, 6) is -0.591. The Balaban J connectivity index is 0.894. The Morgan fingerprint density at radius 1 is 1.00 bits per heavy atom. The van der Waals surface area contributed by atoms with E-state index in [1.165, 1.54) is 9.13 Å². The van der Waals surface area contributed by atoms with Crippen LogP contribution < -0.4 is 16.3 Å². The summed E-state index contributed by atoms with van der Waals surface area (Å²) in [4.78, 5) is 51.0. The number of rotatable bonds is 13. The van der Waals surface area contributed by atoms with E-state index in [4.69, 9.17) is 4.74 Å². The van der Waals surface area contributed by atoms with Gasteiger partial charge in [-0.15, -0.1) is 0 Å². The molecule has 1 aliphatic carbocycles. The van der Waals surface area contributed by atoms with Crippen molar-refractivity contribution < 1.29 is 32.6 Å². The van der Waals surface area contributed by atoms with Gasteiger partial charge in [0.1, 0.15) is 11.7 Å². The number of ether oxygens (including phenoxy) is 1. The number of amides is 2. The van der Waals surface area contributed by atoms with Crippen molar-refractivity contribution in [2.45, 2.75) is 82.3 Å². The molecule has 292 valence electrons. The number of piperazine rings is 1. The van der Waals surface area contributed by atoms with Crippen LogP contribution >= 0.6 is 0 Å². The van der Waals surface area contributed by atoms with Crippen LogP contribution in [0.25, 0.3) is 22.1 Å². The fraction of sp³-hybridized carbons (Fsp3) is 0.595. The van der Waals surface area contributed by atoms with Crippen molar-refractivity contribution in [2.75, 3.05) is 57.8 Å². The summed E-state index contributed by atoms with van der Waals surface area (Å²) in [7, 11) is 1.69. The molecule has 7 rings (SSSR count). The number of carbonyl (C=O) groups is 2. The number of aliphatic hydroxyl groups excluding tert-OH is 1. The van der Waals surface area contributed by atoms with Gasteiger partial charge in [-0.1, -0.05) is 6.07 Å². The van der Waals surface area contributed by atoms with Gasteiger partial charge in [0, 0.05) is 83.1 Å². The fourth-order valence-corrected chi connectivity index (χ4v) is 7.93. The number of benzene rings is 1. The van der Waals surface area contributed by atoms with Gasteiger partial charge in [-0.2, -0.15) is 18.2 Å². The van der Waals surface area contributed by atoms with Crippen molar-refractivity contribution >= 4 is 39.8 Å². The molecule has 14 nitrogen and oxygen atoms in total. The maximum Gasteiger partial charge on any atom is 0.390 e. The predicted molar refractivity (Wildman–Crippen MR) is 195 cm³/mol. The highest BCUT2D eigenvalue weighted by Gasteiger charge is 2.32. The van der Waals surface area contributed by atoms with Gasteiger partial charge in [0.25, 0.3) is 0 Å². The number of imidazole rings is 1. The minimum absolute atomic E-state index is 0.156. The van der Waals surface area contributed by atoms with Crippen molar-refractivity contribution in [1.82, 2.24) is 38.8 Å². The Morgan fingerprint density at radius 2 is 1.76 bits per heavy atom. The second-order valence-corrected chi connectivity index (χ2v) is 14.7. The van der Waals surface area contributed by atoms with Crippen LogP contribution in [0.1, 0.15) is 68.2 Å². The maximum atomic E-state index is 13.1. The van der Waals surface area contributed by atoms with Crippen LogP contribution in [0, 0.1) is 0 Å². The third kappa shape index (κ3) is 8.64. The van der Waals surface area contributed by atoms with Crippen molar-refractivity contribution in [3.63, 3.8) is 0 Å². The van der Waals surface area contributed by atoms with Gasteiger partial charge in [0.05, 0.1) is 36.8 Å². The van der Waals surface area contributed by atoms with Crippen LogP contribution in [-0.2, 0) is 34.3 Å². The van der Waals surface area contributed by atoms with Gasteiger partial charge >= 0.3 is 11.9 Å². The molecule has 1 saturated carbocycles. The van der Waals surface area contributed by atoms with Crippen molar-refractivity contribution in [3.8, 4) is 0 Å². The average Bonchev–Trinajstić information content (AvgIpc) is 3.61. The number of halogens is 3. The minimum Gasteiger partial charge on any atom is -0.393 e. The lowest BCUT2D eigenvalue weighted by molar-refractivity contribution is -0.136. The minimum atomic E-state index is -4.26. The van der Waals surface area contributed by atoms with Gasteiger partial charge in [-0.05, 0) is 61.8 Å². The normalized spacial score (nSPS) is 22.0. The highest BCUT2D eigenvalue weighted by atomic mass is 19.4. The first kappa shape index (κ1) is 38.0. The molecule has 3 aliphatic rings.